The van der Waals surface area contributed by atoms with Gasteiger partial charge in [0.15, 0.2) is 5.96 Å². The van der Waals surface area contributed by atoms with Gasteiger partial charge in [0.25, 0.3) is 0 Å². The van der Waals surface area contributed by atoms with Gasteiger partial charge in [-0.2, -0.15) is 0 Å². The van der Waals surface area contributed by atoms with Crippen molar-refractivity contribution in [3.05, 3.63) is 24.2 Å². The summed E-state index contributed by atoms with van der Waals surface area (Å²) in [7, 11) is 1.66. The van der Waals surface area contributed by atoms with E-state index < -0.39 is 11.7 Å². The summed E-state index contributed by atoms with van der Waals surface area (Å²) in [4.78, 5) is 30.1. The number of halogens is 1. The Morgan fingerprint density at radius 1 is 1.36 bits per heavy atom. The maximum Gasteiger partial charge on any atom is 0.407 e. The fraction of sp³-hybridized carbons (Fsp3) is 0.611. The number of alkyl carbamates (subject to hydrolysis) is 1. The lowest BCUT2D eigenvalue weighted by Crippen LogP contribution is -2.46. The van der Waals surface area contributed by atoms with E-state index in [2.05, 4.69) is 20.9 Å². The molecule has 0 aliphatic carbocycles. The van der Waals surface area contributed by atoms with Crippen LogP contribution >= 0.6 is 24.0 Å². The van der Waals surface area contributed by atoms with Gasteiger partial charge >= 0.3 is 6.09 Å². The number of furan rings is 1. The van der Waals surface area contributed by atoms with Crippen molar-refractivity contribution in [3.63, 3.8) is 0 Å². The lowest BCUT2D eigenvalue weighted by atomic mass is 10.2. The third-order valence-electron chi connectivity index (χ3n) is 3.87. The Hall–Kier alpha value is -1.98. The zero-order valence-corrected chi connectivity index (χ0v) is 19.1. The molecule has 9 nitrogen and oxygen atoms in total. The molecule has 1 aromatic heterocycles. The van der Waals surface area contributed by atoms with Crippen LogP contribution in [0.15, 0.2) is 27.8 Å². The molecule has 2 heterocycles. The zero-order chi connectivity index (χ0) is 19.9. The van der Waals surface area contributed by atoms with E-state index in [0.717, 1.165) is 13.0 Å². The molecule has 1 atom stereocenters. The van der Waals surface area contributed by atoms with E-state index in [4.69, 9.17) is 9.15 Å². The van der Waals surface area contributed by atoms with Crippen LogP contribution < -0.4 is 16.0 Å². The number of guanidine groups is 1. The number of likely N-dealkylation sites (tertiary alicyclic amines) is 1. The summed E-state index contributed by atoms with van der Waals surface area (Å²) >= 11 is 0. The molecule has 0 spiro atoms. The van der Waals surface area contributed by atoms with Crippen molar-refractivity contribution in [2.75, 3.05) is 26.7 Å². The normalized spacial score (nSPS) is 16.9. The van der Waals surface area contributed by atoms with Gasteiger partial charge in [-0.15, -0.1) is 24.0 Å². The van der Waals surface area contributed by atoms with Crippen LogP contribution in [0.1, 0.15) is 33.0 Å². The van der Waals surface area contributed by atoms with Gasteiger partial charge in [0.05, 0.1) is 25.4 Å². The predicted molar refractivity (Wildman–Crippen MR) is 117 cm³/mol. The summed E-state index contributed by atoms with van der Waals surface area (Å²) in [5.41, 5.74) is -0.525. The fourth-order valence-corrected chi connectivity index (χ4v) is 2.70. The van der Waals surface area contributed by atoms with Crippen molar-refractivity contribution >= 4 is 41.9 Å². The first-order valence-electron chi connectivity index (χ1n) is 9.01. The van der Waals surface area contributed by atoms with Gasteiger partial charge in [0.1, 0.15) is 11.4 Å². The van der Waals surface area contributed by atoms with Gasteiger partial charge < -0.3 is 30.0 Å². The Labute approximate surface area is 182 Å². The van der Waals surface area contributed by atoms with E-state index in [1.165, 1.54) is 0 Å². The molecular formula is C18H30IN5O4. The average molecular weight is 507 g/mol. The van der Waals surface area contributed by atoms with Gasteiger partial charge in [-0.05, 0) is 39.3 Å². The summed E-state index contributed by atoms with van der Waals surface area (Å²) in [5, 5.41) is 8.68. The molecule has 1 fully saturated rings. The number of amides is 2. The van der Waals surface area contributed by atoms with Crippen LogP contribution in [0, 0.1) is 0 Å². The van der Waals surface area contributed by atoms with Crippen molar-refractivity contribution in [2.45, 2.75) is 45.4 Å². The Bertz CT molecular complexity index is 657. The van der Waals surface area contributed by atoms with Crippen LogP contribution in [0.3, 0.4) is 0 Å². The minimum Gasteiger partial charge on any atom is -0.467 e. The number of rotatable bonds is 5. The topological polar surface area (TPSA) is 108 Å². The first-order valence-corrected chi connectivity index (χ1v) is 9.01. The molecule has 28 heavy (non-hydrogen) atoms. The molecule has 0 saturated carbocycles. The molecule has 2 rings (SSSR count). The molecule has 1 unspecified atom stereocenters. The number of nitrogens with one attached hydrogen (secondary N) is 3. The van der Waals surface area contributed by atoms with Crippen LogP contribution in [0.5, 0.6) is 0 Å². The lowest BCUT2D eigenvalue weighted by molar-refractivity contribution is -0.120. The highest BCUT2D eigenvalue weighted by Crippen LogP contribution is 2.12. The molecule has 1 aromatic rings. The fourth-order valence-electron chi connectivity index (χ4n) is 2.70. The summed E-state index contributed by atoms with van der Waals surface area (Å²) in [6.45, 7) is 7.27. The van der Waals surface area contributed by atoms with E-state index in [1.54, 1.807) is 25.4 Å². The summed E-state index contributed by atoms with van der Waals surface area (Å²) in [6.07, 6.45) is 1.93. The average Bonchev–Trinajstić information content (AvgIpc) is 3.23. The Morgan fingerprint density at radius 3 is 2.71 bits per heavy atom. The molecule has 0 radical (unpaired) electrons. The Kier molecular flexibility index (Phi) is 9.56. The smallest absolute Gasteiger partial charge is 0.407 e. The third kappa shape index (κ3) is 8.36. The van der Waals surface area contributed by atoms with Gasteiger partial charge in [-0.3, -0.25) is 9.79 Å². The first-order chi connectivity index (χ1) is 12.8. The Balaban J connectivity index is 0.00000392. The second kappa shape index (κ2) is 11.1. The van der Waals surface area contributed by atoms with E-state index >= 15 is 0 Å². The predicted octanol–water partition coefficient (Wildman–Crippen LogP) is 1.69. The number of aliphatic imine (C=N–C) groups is 1. The number of nitrogens with zero attached hydrogens (tertiary/aromatic N) is 2. The van der Waals surface area contributed by atoms with E-state index in [1.807, 2.05) is 25.7 Å². The van der Waals surface area contributed by atoms with Crippen LogP contribution in [0.4, 0.5) is 4.79 Å². The van der Waals surface area contributed by atoms with Gasteiger partial charge in [-0.1, -0.05) is 0 Å². The maximum absolute atomic E-state index is 12.0. The van der Waals surface area contributed by atoms with Crippen molar-refractivity contribution in [1.82, 2.24) is 20.9 Å². The van der Waals surface area contributed by atoms with Crippen LogP contribution in [0.25, 0.3) is 0 Å². The van der Waals surface area contributed by atoms with Crippen molar-refractivity contribution in [3.8, 4) is 0 Å². The van der Waals surface area contributed by atoms with Gasteiger partial charge in [0, 0.05) is 20.1 Å². The monoisotopic (exact) mass is 507 g/mol. The molecule has 1 aliphatic rings. The number of carbonyl (C=O) groups is 2. The van der Waals surface area contributed by atoms with Crippen molar-refractivity contribution in [2.24, 2.45) is 4.99 Å². The number of ether oxygens (including phenoxy) is 1. The molecule has 0 aromatic carbocycles. The molecule has 10 heteroatoms. The third-order valence-corrected chi connectivity index (χ3v) is 3.87. The molecule has 3 N–H and O–H groups in total. The van der Waals surface area contributed by atoms with Crippen molar-refractivity contribution in [1.29, 1.82) is 0 Å². The summed E-state index contributed by atoms with van der Waals surface area (Å²) in [6, 6.07) is 3.55. The maximum atomic E-state index is 12.0. The summed E-state index contributed by atoms with van der Waals surface area (Å²) < 4.78 is 10.5. The second-order valence-corrected chi connectivity index (χ2v) is 7.33. The van der Waals surface area contributed by atoms with Crippen molar-refractivity contribution < 1.29 is 18.7 Å². The highest BCUT2D eigenvalue weighted by molar-refractivity contribution is 14.0. The number of carbonyl (C=O) groups excluding carboxylic acids is 2. The SMILES string of the molecule is CN=C(NCC(=O)NCc1ccco1)N1CCC(NC(=O)OC(C)(C)C)C1.I. The summed E-state index contributed by atoms with van der Waals surface area (Å²) in [5.74, 6) is 1.16. The van der Waals surface area contributed by atoms with Crippen LogP contribution in [-0.4, -0.2) is 61.2 Å². The quantitative estimate of drug-likeness (QED) is 0.318. The minimum atomic E-state index is -0.525. The lowest BCUT2D eigenvalue weighted by Gasteiger charge is -2.23. The number of hydrogen-bond acceptors (Lipinski definition) is 5. The molecule has 0 bridgehead atoms. The van der Waals surface area contributed by atoms with Gasteiger partial charge in [-0.25, -0.2) is 4.79 Å². The molecule has 2 amide bonds. The second-order valence-electron chi connectivity index (χ2n) is 7.33. The van der Waals surface area contributed by atoms with Gasteiger partial charge in [0.2, 0.25) is 5.91 Å². The number of hydrogen-bond donors (Lipinski definition) is 3. The van der Waals surface area contributed by atoms with Crippen LogP contribution in [-0.2, 0) is 16.1 Å². The highest BCUT2D eigenvalue weighted by Gasteiger charge is 2.28. The molecule has 1 aliphatic heterocycles. The largest absolute Gasteiger partial charge is 0.467 e. The highest BCUT2D eigenvalue weighted by atomic mass is 127. The molecule has 158 valence electrons. The standard InChI is InChI=1S/C18H29N5O4.HI/c1-18(2,3)27-17(25)22-13-7-8-23(12-13)16(19-4)21-11-15(24)20-10-14-6-5-9-26-14;/h5-6,9,13H,7-8,10-12H2,1-4H3,(H,19,21)(H,20,24)(H,22,25);1H. The molecule has 1 saturated heterocycles. The van der Waals surface area contributed by atoms with E-state index in [0.29, 0.717) is 24.8 Å². The van der Waals surface area contributed by atoms with E-state index in [9.17, 15) is 9.59 Å². The molecular weight excluding hydrogens is 477 g/mol. The zero-order valence-electron chi connectivity index (χ0n) is 16.8. The first kappa shape index (κ1) is 24.1. The van der Waals surface area contributed by atoms with Crippen LogP contribution in [0.2, 0.25) is 0 Å². The minimum absolute atomic E-state index is 0. The van der Waals surface area contributed by atoms with E-state index in [-0.39, 0.29) is 42.5 Å². The Morgan fingerprint density at radius 2 is 2.11 bits per heavy atom.